The van der Waals surface area contributed by atoms with Crippen LogP contribution in [0.1, 0.15) is 18.0 Å². The highest BCUT2D eigenvalue weighted by molar-refractivity contribution is 7.80. The summed E-state index contributed by atoms with van der Waals surface area (Å²) in [6.45, 7) is 0. The van der Waals surface area contributed by atoms with Crippen LogP contribution in [0.25, 0.3) is 0 Å². The SMILES string of the molecule is NC(CCS)c1cccnc1. The number of nitrogens with zero attached hydrogens (tertiary/aromatic N) is 1. The summed E-state index contributed by atoms with van der Waals surface area (Å²) in [5.74, 6) is 0.816. The zero-order valence-corrected chi connectivity index (χ0v) is 7.17. The van der Waals surface area contributed by atoms with Crippen molar-refractivity contribution in [2.24, 2.45) is 5.73 Å². The van der Waals surface area contributed by atoms with E-state index in [0.717, 1.165) is 17.7 Å². The van der Waals surface area contributed by atoms with Crippen LogP contribution in [0.15, 0.2) is 24.5 Å². The summed E-state index contributed by atoms with van der Waals surface area (Å²) in [5, 5.41) is 0. The number of rotatable bonds is 3. The van der Waals surface area contributed by atoms with E-state index in [1.54, 1.807) is 12.4 Å². The van der Waals surface area contributed by atoms with E-state index in [0.29, 0.717) is 0 Å². The summed E-state index contributed by atoms with van der Waals surface area (Å²) in [6, 6.07) is 3.97. The van der Waals surface area contributed by atoms with Gasteiger partial charge >= 0.3 is 0 Å². The normalized spacial score (nSPS) is 12.9. The topological polar surface area (TPSA) is 38.9 Å². The lowest BCUT2D eigenvalue weighted by molar-refractivity contribution is 0.703. The van der Waals surface area contributed by atoms with Gasteiger partial charge in [-0.3, -0.25) is 4.98 Å². The molecule has 11 heavy (non-hydrogen) atoms. The number of nitrogens with two attached hydrogens (primary N) is 1. The zero-order chi connectivity index (χ0) is 8.10. The summed E-state index contributed by atoms with van der Waals surface area (Å²) < 4.78 is 0. The molecule has 0 saturated heterocycles. The van der Waals surface area contributed by atoms with Gasteiger partial charge in [0.25, 0.3) is 0 Å². The monoisotopic (exact) mass is 168 g/mol. The standard InChI is InChI=1S/C8H12N2S/c9-8(3-5-11)7-2-1-4-10-6-7/h1-2,4,6,8,11H,3,5,9H2. The quantitative estimate of drug-likeness (QED) is 0.670. The fourth-order valence-electron chi connectivity index (χ4n) is 0.901. The summed E-state index contributed by atoms with van der Waals surface area (Å²) in [6.07, 6.45) is 4.44. The van der Waals surface area contributed by atoms with Gasteiger partial charge in [-0.2, -0.15) is 12.6 Å². The fourth-order valence-corrected chi connectivity index (χ4v) is 1.18. The highest BCUT2D eigenvalue weighted by atomic mass is 32.1. The third kappa shape index (κ3) is 2.52. The van der Waals surface area contributed by atoms with Gasteiger partial charge < -0.3 is 5.73 Å². The van der Waals surface area contributed by atoms with Gasteiger partial charge in [0, 0.05) is 18.4 Å². The van der Waals surface area contributed by atoms with E-state index in [2.05, 4.69) is 17.6 Å². The third-order valence-electron chi connectivity index (χ3n) is 1.55. The van der Waals surface area contributed by atoms with Crippen molar-refractivity contribution in [3.8, 4) is 0 Å². The highest BCUT2D eigenvalue weighted by Crippen LogP contribution is 2.11. The van der Waals surface area contributed by atoms with E-state index in [1.807, 2.05) is 12.1 Å². The van der Waals surface area contributed by atoms with Crippen LogP contribution in [0.2, 0.25) is 0 Å². The molecule has 1 aromatic heterocycles. The number of hydrogen-bond donors (Lipinski definition) is 2. The molecular weight excluding hydrogens is 156 g/mol. The van der Waals surface area contributed by atoms with Gasteiger partial charge in [-0.25, -0.2) is 0 Å². The van der Waals surface area contributed by atoms with Crippen LogP contribution in [-0.2, 0) is 0 Å². The Morgan fingerprint density at radius 2 is 2.45 bits per heavy atom. The van der Waals surface area contributed by atoms with Crippen LogP contribution in [0.5, 0.6) is 0 Å². The molecular formula is C8H12N2S. The maximum absolute atomic E-state index is 5.82. The minimum atomic E-state index is 0.0844. The molecule has 0 aliphatic heterocycles. The van der Waals surface area contributed by atoms with E-state index in [4.69, 9.17) is 5.73 Å². The molecule has 1 unspecified atom stereocenters. The Bertz CT molecular complexity index is 201. The molecule has 0 fully saturated rings. The average Bonchev–Trinajstić information content (AvgIpc) is 2.07. The molecule has 1 rings (SSSR count). The van der Waals surface area contributed by atoms with Crippen LogP contribution >= 0.6 is 12.6 Å². The average molecular weight is 168 g/mol. The second-order valence-corrected chi connectivity index (χ2v) is 2.85. The molecule has 3 heteroatoms. The van der Waals surface area contributed by atoms with Crippen LogP contribution in [-0.4, -0.2) is 10.7 Å². The van der Waals surface area contributed by atoms with E-state index < -0.39 is 0 Å². The van der Waals surface area contributed by atoms with Gasteiger partial charge in [-0.1, -0.05) is 6.07 Å². The molecule has 0 bridgehead atoms. The van der Waals surface area contributed by atoms with Gasteiger partial charge in [0.05, 0.1) is 0 Å². The van der Waals surface area contributed by atoms with Gasteiger partial charge in [0.15, 0.2) is 0 Å². The first-order valence-corrected chi connectivity index (χ1v) is 4.24. The van der Waals surface area contributed by atoms with E-state index >= 15 is 0 Å². The van der Waals surface area contributed by atoms with Crippen LogP contribution in [0.3, 0.4) is 0 Å². The molecule has 1 aromatic rings. The lowest BCUT2D eigenvalue weighted by atomic mass is 10.1. The van der Waals surface area contributed by atoms with Gasteiger partial charge in [-0.15, -0.1) is 0 Å². The maximum atomic E-state index is 5.82. The largest absolute Gasteiger partial charge is 0.324 e. The van der Waals surface area contributed by atoms with Gasteiger partial charge in [-0.05, 0) is 23.8 Å². The first-order valence-electron chi connectivity index (χ1n) is 3.61. The second-order valence-electron chi connectivity index (χ2n) is 2.41. The molecule has 0 aliphatic carbocycles. The molecule has 0 spiro atoms. The summed E-state index contributed by atoms with van der Waals surface area (Å²) in [5.41, 5.74) is 6.90. The number of thiol groups is 1. The molecule has 2 nitrogen and oxygen atoms in total. The number of hydrogen-bond acceptors (Lipinski definition) is 3. The van der Waals surface area contributed by atoms with Gasteiger partial charge in [0.1, 0.15) is 0 Å². The minimum Gasteiger partial charge on any atom is -0.324 e. The van der Waals surface area contributed by atoms with Crippen LogP contribution in [0.4, 0.5) is 0 Å². The first kappa shape index (κ1) is 8.56. The molecule has 60 valence electrons. The van der Waals surface area contributed by atoms with Crippen LogP contribution in [0, 0.1) is 0 Å². The van der Waals surface area contributed by atoms with Crippen molar-refractivity contribution in [3.05, 3.63) is 30.1 Å². The minimum absolute atomic E-state index is 0.0844. The van der Waals surface area contributed by atoms with Crippen molar-refractivity contribution in [2.75, 3.05) is 5.75 Å². The summed E-state index contributed by atoms with van der Waals surface area (Å²) in [4.78, 5) is 3.98. The van der Waals surface area contributed by atoms with Gasteiger partial charge in [0.2, 0.25) is 0 Å². The third-order valence-corrected chi connectivity index (χ3v) is 1.81. The van der Waals surface area contributed by atoms with E-state index in [9.17, 15) is 0 Å². The van der Waals surface area contributed by atoms with Crippen LogP contribution < -0.4 is 5.73 Å². The fraction of sp³-hybridized carbons (Fsp3) is 0.375. The lowest BCUT2D eigenvalue weighted by Gasteiger charge is -2.08. The predicted octanol–water partition coefficient (Wildman–Crippen LogP) is 1.40. The molecule has 1 heterocycles. The zero-order valence-electron chi connectivity index (χ0n) is 6.27. The molecule has 2 N–H and O–H groups in total. The van der Waals surface area contributed by atoms with Crippen molar-refractivity contribution in [1.29, 1.82) is 0 Å². The molecule has 1 atom stereocenters. The Kier molecular flexibility index (Phi) is 3.39. The van der Waals surface area contributed by atoms with Crippen molar-refractivity contribution >= 4 is 12.6 Å². The molecule has 0 radical (unpaired) electrons. The Balaban J connectivity index is 2.61. The maximum Gasteiger partial charge on any atom is 0.0318 e. The number of pyridine rings is 1. The first-order chi connectivity index (χ1) is 5.34. The lowest BCUT2D eigenvalue weighted by Crippen LogP contribution is -2.10. The molecule has 0 amide bonds. The van der Waals surface area contributed by atoms with Crippen molar-refractivity contribution in [2.45, 2.75) is 12.5 Å². The number of aromatic nitrogens is 1. The van der Waals surface area contributed by atoms with E-state index in [-0.39, 0.29) is 6.04 Å². The Labute approximate surface area is 72.2 Å². The van der Waals surface area contributed by atoms with Crippen molar-refractivity contribution < 1.29 is 0 Å². The Morgan fingerprint density at radius 1 is 1.64 bits per heavy atom. The van der Waals surface area contributed by atoms with Crippen molar-refractivity contribution in [3.63, 3.8) is 0 Å². The second kappa shape index (κ2) is 4.36. The smallest absolute Gasteiger partial charge is 0.0318 e. The van der Waals surface area contributed by atoms with E-state index in [1.165, 1.54) is 0 Å². The Morgan fingerprint density at radius 3 is 3.00 bits per heavy atom. The molecule has 0 aliphatic rings. The van der Waals surface area contributed by atoms with Crippen molar-refractivity contribution in [1.82, 2.24) is 4.98 Å². The Hall–Kier alpha value is -0.540. The molecule has 0 saturated carbocycles. The summed E-state index contributed by atoms with van der Waals surface area (Å²) in [7, 11) is 0. The highest BCUT2D eigenvalue weighted by Gasteiger charge is 2.02. The predicted molar refractivity (Wildman–Crippen MR) is 49.6 cm³/mol. The molecule has 0 aromatic carbocycles. The summed E-state index contributed by atoms with van der Waals surface area (Å²) >= 11 is 4.11.